The topological polar surface area (TPSA) is 69.2 Å². The van der Waals surface area contributed by atoms with Gasteiger partial charge in [-0.15, -0.1) is 0 Å². The SMILES string of the molecule is C=CCOc1ccc(C(=O)N/N=C/c2cc(Br)c(OCC)c(Br)c2)cc1OC. The summed E-state index contributed by atoms with van der Waals surface area (Å²) in [7, 11) is 1.51. The summed E-state index contributed by atoms with van der Waals surface area (Å²) in [6.45, 7) is 6.42. The lowest BCUT2D eigenvalue weighted by Crippen LogP contribution is -2.17. The first-order valence-corrected chi connectivity index (χ1v) is 9.95. The van der Waals surface area contributed by atoms with E-state index in [2.05, 4.69) is 49.0 Å². The minimum atomic E-state index is -0.367. The van der Waals surface area contributed by atoms with Crippen LogP contribution in [-0.2, 0) is 0 Å². The van der Waals surface area contributed by atoms with Gasteiger partial charge in [-0.3, -0.25) is 4.79 Å². The molecule has 0 aromatic heterocycles. The van der Waals surface area contributed by atoms with Gasteiger partial charge in [0.2, 0.25) is 0 Å². The molecular weight excluding hydrogens is 492 g/mol. The van der Waals surface area contributed by atoms with Crippen molar-refractivity contribution in [2.45, 2.75) is 6.92 Å². The maximum Gasteiger partial charge on any atom is 0.271 e. The molecule has 2 aromatic rings. The molecule has 0 heterocycles. The van der Waals surface area contributed by atoms with Crippen LogP contribution < -0.4 is 19.6 Å². The van der Waals surface area contributed by atoms with Crippen LogP contribution in [0.5, 0.6) is 17.2 Å². The first-order chi connectivity index (χ1) is 13.5. The van der Waals surface area contributed by atoms with E-state index in [1.807, 2.05) is 19.1 Å². The predicted molar refractivity (Wildman–Crippen MR) is 117 cm³/mol. The molecule has 148 valence electrons. The zero-order chi connectivity index (χ0) is 20.5. The highest BCUT2D eigenvalue weighted by Crippen LogP contribution is 2.34. The monoisotopic (exact) mass is 510 g/mol. The van der Waals surface area contributed by atoms with Crippen LogP contribution in [0.15, 0.2) is 57.0 Å². The lowest BCUT2D eigenvalue weighted by molar-refractivity contribution is 0.0954. The number of hydrazone groups is 1. The highest BCUT2D eigenvalue weighted by Gasteiger charge is 2.11. The van der Waals surface area contributed by atoms with Gasteiger partial charge < -0.3 is 14.2 Å². The number of benzene rings is 2. The number of nitrogens with one attached hydrogen (secondary N) is 1. The Morgan fingerprint density at radius 3 is 2.50 bits per heavy atom. The zero-order valence-corrected chi connectivity index (χ0v) is 18.7. The van der Waals surface area contributed by atoms with Gasteiger partial charge in [-0.1, -0.05) is 12.7 Å². The third-order valence-electron chi connectivity index (χ3n) is 3.47. The molecule has 0 aliphatic heterocycles. The Morgan fingerprint density at radius 2 is 1.89 bits per heavy atom. The van der Waals surface area contributed by atoms with Gasteiger partial charge in [-0.25, -0.2) is 5.43 Å². The Balaban J connectivity index is 2.08. The normalized spacial score (nSPS) is 10.6. The molecule has 8 heteroatoms. The van der Waals surface area contributed by atoms with Crippen LogP contribution in [-0.4, -0.2) is 32.4 Å². The van der Waals surface area contributed by atoms with Gasteiger partial charge in [0.1, 0.15) is 12.4 Å². The molecular formula is C20H20Br2N2O4. The molecule has 0 atom stereocenters. The molecule has 28 heavy (non-hydrogen) atoms. The average molecular weight is 512 g/mol. The molecule has 0 radical (unpaired) electrons. The minimum absolute atomic E-state index is 0.347. The van der Waals surface area contributed by atoms with Crippen LogP contribution >= 0.6 is 31.9 Å². The highest BCUT2D eigenvalue weighted by atomic mass is 79.9. The smallest absolute Gasteiger partial charge is 0.271 e. The molecule has 1 amide bonds. The molecule has 1 N–H and O–H groups in total. The fourth-order valence-corrected chi connectivity index (χ4v) is 3.69. The van der Waals surface area contributed by atoms with Crippen molar-refractivity contribution in [3.05, 3.63) is 63.1 Å². The fraction of sp³-hybridized carbons (Fsp3) is 0.200. The summed E-state index contributed by atoms with van der Waals surface area (Å²) < 4.78 is 17.9. The third kappa shape index (κ3) is 5.84. The summed E-state index contributed by atoms with van der Waals surface area (Å²) in [4.78, 5) is 12.3. The van der Waals surface area contributed by atoms with Crippen molar-refractivity contribution < 1.29 is 19.0 Å². The summed E-state index contributed by atoms with van der Waals surface area (Å²) >= 11 is 6.92. The molecule has 0 aliphatic rings. The van der Waals surface area contributed by atoms with E-state index in [9.17, 15) is 4.79 Å². The molecule has 0 saturated carbocycles. The number of carbonyl (C=O) groups is 1. The summed E-state index contributed by atoms with van der Waals surface area (Å²) in [6.07, 6.45) is 3.17. The molecule has 0 spiro atoms. The molecule has 0 saturated heterocycles. The number of hydrogen-bond acceptors (Lipinski definition) is 5. The van der Waals surface area contributed by atoms with Gasteiger partial charge in [0.05, 0.1) is 28.9 Å². The molecule has 0 fully saturated rings. The van der Waals surface area contributed by atoms with Crippen molar-refractivity contribution in [2.24, 2.45) is 5.10 Å². The minimum Gasteiger partial charge on any atom is -0.493 e. The second kappa shape index (κ2) is 10.9. The Labute approximate surface area is 180 Å². The molecule has 2 rings (SSSR count). The van der Waals surface area contributed by atoms with Crippen molar-refractivity contribution in [2.75, 3.05) is 20.3 Å². The quantitative estimate of drug-likeness (QED) is 0.294. The van der Waals surface area contributed by atoms with Crippen LogP contribution in [0, 0.1) is 0 Å². The highest BCUT2D eigenvalue weighted by molar-refractivity contribution is 9.11. The number of rotatable bonds is 9. The Morgan fingerprint density at radius 1 is 1.18 bits per heavy atom. The third-order valence-corrected chi connectivity index (χ3v) is 4.65. The van der Waals surface area contributed by atoms with Gasteiger partial charge in [0.15, 0.2) is 11.5 Å². The molecule has 0 aliphatic carbocycles. The zero-order valence-electron chi connectivity index (χ0n) is 15.5. The van der Waals surface area contributed by atoms with E-state index in [0.29, 0.717) is 30.3 Å². The summed E-state index contributed by atoms with van der Waals surface area (Å²) in [5.74, 6) is 1.34. The van der Waals surface area contributed by atoms with Crippen molar-refractivity contribution >= 4 is 44.0 Å². The maximum atomic E-state index is 12.3. The first kappa shape index (κ1) is 22.0. The number of carbonyl (C=O) groups excluding carboxylic acids is 1. The van der Waals surface area contributed by atoms with Crippen molar-refractivity contribution in [1.82, 2.24) is 5.43 Å². The Hall–Kier alpha value is -2.32. The molecule has 6 nitrogen and oxygen atoms in total. The second-order valence-electron chi connectivity index (χ2n) is 5.41. The molecule has 0 unspecified atom stereocenters. The summed E-state index contributed by atoms with van der Waals surface area (Å²) in [6, 6.07) is 8.59. The van der Waals surface area contributed by atoms with Gasteiger partial charge in [0, 0.05) is 5.56 Å². The molecule has 2 aromatic carbocycles. The van der Waals surface area contributed by atoms with E-state index < -0.39 is 0 Å². The van der Waals surface area contributed by atoms with E-state index >= 15 is 0 Å². The van der Waals surface area contributed by atoms with Crippen LogP contribution in [0.4, 0.5) is 0 Å². The van der Waals surface area contributed by atoms with Crippen LogP contribution in [0.1, 0.15) is 22.8 Å². The fourth-order valence-electron chi connectivity index (χ4n) is 2.24. The largest absolute Gasteiger partial charge is 0.493 e. The summed E-state index contributed by atoms with van der Waals surface area (Å²) in [5.41, 5.74) is 3.68. The lowest BCUT2D eigenvalue weighted by atomic mass is 10.2. The van der Waals surface area contributed by atoms with Crippen LogP contribution in [0.25, 0.3) is 0 Å². The maximum absolute atomic E-state index is 12.3. The Kier molecular flexibility index (Phi) is 8.53. The summed E-state index contributed by atoms with van der Waals surface area (Å²) in [5, 5.41) is 4.01. The standard InChI is InChI=1S/C20H20Br2N2O4/c1-4-8-28-17-7-6-14(11-18(17)26-3)20(25)24-23-12-13-9-15(21)19(27-5-2)16(22)10-13/h4,6-7,9-12H,1,5,8H2,2-3H3,(H,24,25)/b23-12+. The van der Waals surface area contributed by atoms with Gasteiger partial charge >= 0.3 is 0 Å². The average Bonchev–Trinajstić information content (AvgIpc) is 2.69. The number of amides is 1. The van der Waals surface area contributed by atoms with E-state index in [1.165, 1.54) is 7.11 Å². The van der Waals surface area contributed by atoms with Crippen molar-refractivity contribution in [3.8, 4) is 17.2 Å². The van der Waals surface area contributed by atoms with E-state index in [-0.39, 0.29) is 5.91 Å². The number of halogens is 2. The Bertz CT molecular complexity index is 861. The number of methoxy groups -OCH3 is 1. The second-order valence-corrected chi connectivity index (χ2v) is 7.12. The van der Waals surface area contributed by atoms with Gasteiger partial charge in [0.25, 0.3) is 5.91 Å². The number of hydrogen-bond donors (Lipinski definition) is 1. The number of nitrogens with zero attached hydrogens (tertiary/aromatic N) is 1. The number of ether oxygens (including phenoxy) is 3. The predicted octanol–water partition coefficient (Wildman–Crippen LogP) is 4.95. The van der Waals surface area contributed by atoms with Crippen molar-refractivity contribution in [3.63, 3.8) is 0 Å². The molecule has 0 bridgehead atoms. The van der Waals surface area contributed by atoms with Crippen LogP contribution in [0.2, 0.25) is 0 Å². The van der Waals surface area contributed by atoms with E-state index in [4.69, 9.17) is 14.2 Å². The van der Waals surface area contributed by atoms with Gasteiger partial charge in [-0.2, -0.15) is 5.10 Å². The van der Waals surface area contributed by atoms with E-state index in [1.54, 1.807) is 30.5 Å². The van der Waals surface area contributed by atoms with E-state index in [0.717, 1.165) is 20.3 Å². The lowest BCUT2D eigenvalue weighted by Gasteiger charge is -2.10. The van der Waals surface area contributed by atoms with Gasteiger partial charge in [-0.05, 0) is 74.7 Å². The van der Waals surface area contributed by atoms with Crippen LogP contribution in [0.3, 0.4) is 0 Å². The van der Waals surface area contributed by atoms with Crippen molar-refractivity contribution in [1.29, 1.82) is 0 Å². The first-order valence-electron chi connectivity index (χ1n) is 8.37.